The summed E-state index contributed by atoms with van der Waals surface area (Å²) in [5.74, 6) is -0.471. The Balaban J connectivity index is 1.80. The van der Waals surface area contributed by atoms with Gasteiger partial charge in [-0.05, 0) is 39.8 Å². The van der Waals surface area contributed by atoms with Crippen molar-refractivity contribution in [3.05, 3.63) is 63.4 Å². The molecule has 1 aromatic heterocycles. The zero-order chi connectivity index (χ0) is 26.7. The lowest BCUT2D eigenvalue weighted by molar-refractivity contribution is -0.149. The van der Waals surface area contributed by atoms with E-state index < -0.39 is 67.7 Å². The largest absolute Gasteiger partial charge is 0.462 e. The highest BCUT2D eigenvalue weighted by atomic mass is 31.2. The van der Waals surface area contributed by atoms with Gasteiger partial charge in [-0.15, -0.1) is 0 Å². The van der Waals surface area contributed by atoms with Gasteiger partial charge in [0.15, 0.2) is 6.23 Å². The Bertz CT molecular complexity index is 1210. The number of carbonyl (C=O) groups excluding carboxylic acids is 1. The van der Waals surface area contributed by atoms with Crippen LogP contribution in [0.2, 0.25) is 0 Å². The number of carbonyl (C=O) groups is 1. The molecule has 1 fully saturated rings. The van der Waals surface area contributed by atoms with Crippen LogP contribution in [0.25, 0.3) is 0 Å². The normalized spacial score (nSPS) is 26.4. The van der Waals surface area contributed by atoms with E-state index in [9.17, 15) is 24.1 Å². The minimum atomic E-state index is -4.22. The number of esters is 1. The maximum Gasteiger partial charge on any atom is 0.459 e. The molecule has 1 aromatic carbocycles. The van der Waals surface area contributed by atoms with Crippen LogP contribution in [0.15, 0.2) is 52.2 Å². The number of ether oxygens (including phenoxy) is 2. The number of aliphatic hydroxyl groups is 1. The highest BCUT2D eigenvalue weighted by Gasteiger charge is 2.52. The summed E-state index contributed by atoms with van der Waals surface area (Å²) >= 11 is 0. The minimum Gasteiger partial charge on any atom is -0.462 e. The topological polar surface area (TPSA) is 184 Å². The standard InChI is InChI=1S/C22H31N4O9P/c1-13(2)33-19(29)14(3)25-36(31,35-15-8-6-5-7-9-15)32-12-16-18(28)22(4,23)20(34-16)26-11-10-17(27)24-21(26)30/h5-11,13-14,16,18,20,28H,12,23H2,1-4H3,(H,25,31)(H,24,27,30)/t14-,16-,18-,20-,22-,36-/m1/s1. The lowest BCUT2D eigenvalue weighted by Gasteiger charge is -2.28. The summed E-state index contributed by atoms with van der Waals surface area (Å²) in [6, 6.07) is 8.19. The molecule has 14 heteroatoms. The lowest BCUT2D eigenvalue weighted by atomic mass is 9.93. The number of rotatable bonds is 10. The van der Waals surface area contributed by atoms with Gasteiger partial charge in [0, 0.05) is 12.3 Å². The summed E-state index contributed by atoms with van der Waals surface area (Å²) in [5.41, 5.74) is 3.39. The van der Waals surface area contributed by atoms with Crippen LogP contribution in [0.5, 0.6) is 5.75 Å². The molecule has 3 rings (SSSR count). The van der Waals surface area contributed by atoms with Crippen LogP contribution in [0, 0.1) is 0 Å². The quantitative estimate of drug-likeness (QED) is 0.252. The Kier molecular flexibility index (Phi) is 8.55. The predicted octanol–water partition coefficient (Wildman–Crippen LogP) is 0.646. The Hall–Kier alpha value is -2.80. The molecule has 1 aliphatic heterocycles. The predicted molar refractivity (Wildman–Crippen MR) is 128 cm³/mol. The monoisotopic (exact) mass is 526 g/mol. The average Bonchev–Trinajstić information content (AvgIpc) is 3.01. The maximum absolute atomic E-state index is 13.6. The second-order valence-corrected chi connectivity index (χ2v) is 10.6. The first-order chi connectivity index (χ1) is 16.8. The summed E-state index contributed by atoms with van der Waals surface area (Å²) in [4.78, 5) is 38.0. The van der Waals surface area contributed by atoms with E-state index in [1.165, 1.54) is 20.0 Å². The van der Waals surface area contributed by atoms with Gasteiger partial charge in [-0.25, -0.2) is 9.36 Å². The molecule has 0 aliphatic carbocycles. The highest BCUT2D eigenvalue weighted by Crippen LogP contribution is 2.46. The SMILES string of the molecule is CC(C)OC(=O)[C@@H](C)N[P@@](=O)(OC[C@H]1O[C@@H](n2ccc(=O)[nH]c2=O)[C@](C)(N)[C@@H]1O)Oc1ccccc1. The van der Waals surface area contributed by atoms with Crippen LogP contribution in [0.4, 0.5) is 0 Å². The highest BCUT2D eigenvalue weighted by molar-refractivity contribution is 7.52. The summed E-state index contributed by atoms with van der Waals surface area (Å²) in [7, 11) is -4.22. The van der Waals surface area contributed by atoms with Gasteiger partial charge in [-0.1, -0.05) is 18.2 Å². The first-order valence-electron chi connectivity index (χ1n) is 11.2. The van der Waals surface area contributed by atoms with Crippen LogP contribution in [-0.4, -0.2) is 57.1 Å². The molecule has 0 spiro atoms. The molecule has 0 amide bonds. The number of nitrogens with one attached hydrogen (secondary N) is 2. The molecule has 13 nitrogen and oxygen atoms in total. The molecule has 2 heterocycles. The maximum atomic E-state index is 13.6. The molecular formula is C22H31N4O9P. The summed E-state index contributed by atoms with van der Waals surface area (Å²) < 4.78 is 36.7. The van der Waals surface area contributed by atoms with E-state index in [1.54, 1.807) is 44.2 Å². The number of hydrogen-bond donors (Lipinski definition) is 4. The van der Waals surface area contributed by atoms with Crippen LogP contribution in [0.1, 0.15) is 33.9 Å². The van der Waals surface area contributed by atoms with Gasteiger partial charge < -0.3 is 24.8 Å². The number of benzene rings is 1. The Labute approximate surface area is 207 Å². The Morgan fingerprint density at radius 3 is 2.56 bits per heavy atom. The van der Waals surface area contributed by atoms with Crippen molar-refractivity contribution in [2.75, 3.05) is 6.61 Å². The Morgan fingerprint density at radius 1 is 1.28 bits per heavy atom. The van der Waals surface area contributed by atoms with Crippen molar-refractivity contribution >= 4 is 13.7 Å². The third-order valence-corrected chi connectivity index (χ3v) is 7.01. The van der Waals surface area contributed by atoms with Crippen LogP contribution in [-0.2, 0) is 23.4 Å². The van der Waals surface area contributed by atoms with Gasteiger partial charge in [0.2, 0.25) is 0 Å². The third-order valence-electron chi connectivity index (χ3n) is 5.36. The molecule has 36 heavy (non-hydrogen) atoms. The summed E-state index contributed by atoms with van der Waals surface area (Å²) in [6.07, 6.45) is -2.88. The van der Waals surface area contributed by atoms with Crippen molar-refractivity contribution in [1.29, 1.82) is 0 Å². The van der Waals surface area contributed by atoms with E-state index in [2.05, 4.69) is 10.1 Å². The fourth-order valence-electron chi connectivity index (χ4n) is 3.55. The van der Waals surface area contributed by atoms with Crippen molar-refractivity contribution in [2.24, 2.45) is 5.73 Å². The van der Waals surface area contributed by atoms with E-state index in [-0.39, 0.29) is 5.75 Å². The molecule has 5 N–H and O–H groups in total. The van der Waals surface area contributed by atoms with Gasteiger partial charge in [0.25, 0.3) is 5.56 Å². The zero-order valence-electron chi connectivity index (χ0n) is 20.3. The Morgan fingerprint density at radius 2 is 1.94 bits per heavy atom. The fourth-order valence-corrected chi connectivity index (χ4v) is 5.05. The molecule has 1 saturated heterocycles. The molecular weight excluding hydrogens is 495 g/mol. The number of para-hydroxylation sites is 1. The third kappa shape index (κ3) is 6.49. The van der Waals surface area contributed by atoms with E-state index in [1.807, 2.05) is 0 Å². The van der Waals surface area contributed by atoms with Gasteiger partial charge in [0.1, 0.15) is 24.0 Å². The van der Waals surface area contributed by atoms with Crippen molar-refractivity contribution < 1.29 is 33.0 Å². The smallest absolute Gasteiger partial charge is 0.459 e. The number of nitrogens with zero attached hydrogens (tertiary/aromatic N) is 1. The number of nitrogens with two attached hydrogens (primary N) is 1. The molecule has 0 bridgehead atoms. The molecule has 198 valence electrons. The van der Waals surface area contributed by atoms with Crippen molar-refractivity contribution in [3.63, 3.8) is 0 Å². The first kappa shape index (κ1) is 27.8. The molecule has 6 atom stereocenters. The number of aromatic nitrogens is 2. The van der Waals surface area contributed by atoms with Crippen LogP contribution >= 0.6 is 7.75 Å². The molecule has 0 radical (unpaired) electrons. The summed E-state index contributed by atoms with van der Waals surface area (Å²) in [6.45, 7) is 5.77. The second-order valence-electron chi connectivity index (χ2n) is 8.89. The van der Waals surface area contributed by atoms with Gasteiger partial charge >= 0.3 is 19.4 Å². The zero-order valence-corrected chi connectivity index (χ0v) is 21.2. The van der Waals surface area contributed by atoms with Crippen LogP contribution < -0.4 is 26.6 Å². The molecule has 2 aromatic rings. The van der Waals surface area contributed by atoms with E-state index in [0.29, 0.717) is 0 Å². The number of H-pyrrole nitrogens is 1. The van der Waals surface area contributed by atoms with Crippen molar-refractivity contribution in [3.8, 4) is 5.75 Å². The second kappa shape index (κ2) is 11.1. The van der Waals surface area contributed by atoms with E-state index in [0.717, 1.165) is 10.6 Å². The number of aromatic amines is 1. The van der Waals surface area contributed by atoms with Crippen molar-refractivity contribution in [2.45, 2.75) is 63.8 Å². The fraction of sp³-hybridized carbons (Fsp3) is 0.500. The van der Waals surface area contributed by atoms with E-state index in [4.69, 9.17) is 24.3 Å². The molecule has 1 aliphatic rings. The average molecular weight is 526 g/mol. The van der Waals surface area contributed by atoms with Crippen molar-refractivity contribution in [1.82, 2.24) is 14.6 Å². The minimum absolute atomic E-state index is 0.201. The van der Waals surface area contributed by atoms with Gasteiger partial charge in [0.05, 0.1) is 18.2 Å². The van der Waals surface area contributed by atoms with Crippen LogP contribution in [0.3, 0.4) is 0 Å². The lowest BCUT2D eigenvalue weighted by Crippen LogP contribution is -2.53. The number of hydrogen-bond acceptors (Lipinski definition) is 10. The van der Waals surface area contributed by atoms with E-state index >= 15 is 0 Å². The van der Waals surface area contributed by atoms with Gasteiger partial charge in [-0.3, -0.25) is 23.7 Å². The van der Waals surface area contributed by atoms with Gasteiger partial charge in [-0.2, -0.15) is 5.09 Å². The molecule has 0 saturated carbocycles. The summed E-state index contributed by atoms with van der Waals surface area (Å²) in [5, 5.41) is 13.3. The number of aliphatic hydroxyl groups excluding tert-OH is 1. The first-order valence-corrected chi connectivity index (χ1v) is 12.8. The molecule has 0 unspecified atom stereocenters.